The average molecular weight is 376 g/mol. The highest BCUT2D eigenvalue weighted by molar-refractivity contribution is 6.32. The lowest BCUT2D eigenvalue weighted by Gasteiger charge is -2.35. The molecule has 0 spiro atoms. The smallest absolute Gasteiger partial charge is 0.275 e. The molecule has 0 aliphatic carbocycles. The molecule has 7 heteroatoms. The molecule has 1 heterocycles. The summed E-state index contributed by atoms with van der Waals surface area (Å²) in [7, 11) is 1.54. The third-order valence-corrected chi connectivity index (χ3v) is 4.13. The van der Waals surface area contributed by atoms with E-state index in [1.54, 1.807) is 44.4 Å². The molecule has 0 atom stereocenters. The van der Waals surface area contributed by atoms with Crippen LogP contribution in [0, 0.1) is 6.92 Å². The van der Waals surface area contributed by atoms with E-state index < -0.39 is 17.4 Å². The van der Waals surface area contributed by atoms with E-state index in [-0.39, 0.29) is 10.7 Å². The van der Waals surface area contributed by atoms with Crippen molar-refractivity contribution in [3.05, 3.63) is 58.4 Å². The number of hydrogen-bond donors (Lipinski definition) is 1. The average Bonchev–Trinajstić information content (AvgIpc) is 2.58. The van der Waals surface area contributed by atoms with E-state index in [1.165, 1.54) is 11.2 Å². The van der Waals surface area contributed by atoms with Crippen molar-refractivity contribution in [2.45, 2.75) is 33.2 Å². The van der Waals surface area contributed by atoms with Crippen LogP contribution in [0.3, 0.4) is 0 Å². The number of pyridine rings is 1. The number of amides is 2. The Bertz CT molecular complexity index is 831. The topological polar surface area (TPSA) is 71.5 Å². The second-order valence-electron chi connectivity index (χ2n) is 6.73. The molecule has 26 heavy (non-hydrogen) atoms. The van der Waals surface area contributed by atoms with E-state index in [9.17, 15) is 9.59 Å². The van der Waals surface area contributed by atoms with Gasteiger partial charge in [0.05, 0.1) is 18.2 Å². The van der Waals surface area contributed by atoms with Crippen LogP contribution in [-0.4, -0.2) is 34.5 Å². The molecule has 1 N–H and O–H groups in total. The lowest BCUT2D eigenvalue weighted by molar-refractivity contribution is 0.0358. The van der Waals surface area contributed by atoms with Crippen LogP contribution in [0.15, 0.2) is 36.5 Å². The van der Waals surface area contributed by atoms with Gasteiger partial charge < -0.3 is 4.74 Å². The third kappa shape index (κ3) is 4.14. The molecule has 138 valence electrons. The van der Waals surface area contributed by atoms with E-state index in [0.29, 0.717) is 16.9 Å². The Kier molecular flexibility index (Phi) is 5.87. The number of halogens is 1. The number of hydrogen-bond acceptors (Lipinski definition) is 4. The molecule has 2 amide bonds. The van der Waals surface area contributed by atoms with E-state index in [0.717, 1.165) is 0 Å². The molecule has 0 bridgehead atoms. The maximum absolute atomic E-state index is 12.9. The number of carbonyl (C=O) groups excluding carboxylic acids is 2. The SMILES string of the molecule is COc1cccc(C(=O)NN(C(=O)c2cccnc2Cl)C(C)(C)C)c1C. The largest absolute Gasteiger partial charge is 0.496 e. The second kappa shape index (κ2) is 7.74. The minimum Gasteiger partial charge on any atom is -0.496 e. The number of carbonyl (C=O) groups is 2. The summed E-state index contributed by atoms with van der Waals surface area (Å²) >= 11 is 6.04. The molecule has 2 aromatic rings. The molecular formula is C19H22ClN3O3. The van der Waals surface area contributed by atoms with Gasteiger partial charge in [0.25, 0.3) is 11.8 Å². The summed E-state index contributed by atoms with van der Waals surface area (Å²) in [5, 5.41) is 1.34. The van der Waals surface area contributed by atoms with Crippen molar-refractivity contribution in [3.63, 3.8) is 0 Å². The molecule has 1 aromatic carbocycles. The molecule has 0 saturated carbocycles. The van der Waals surface area contributed by atoms with Crippen molar-refractivity contribution < 1.29 is 14.3 Å². The summed E-state index contributed by atoms with van der Waals surface area (Å²) in [5.41, 5.74) is 3.33. The number of nitrogens with zero attached hydrogens (tertiary/aromatic N) is 2. The van der Waals surface area contributed by atoms with Crippen LogP contribution in [0.2, 0.25) is 5.15 Å². The minimum atomic E-state index is -0.682. The van der Waals surface area contributed by atoms with Gasteiger partial charge in [-0.2, -0.15) is 0 Å². The van der Waals surface area contributed by atoms with Gasteiger partial charge in [0.15, 0.2) is 0 Å². The summed E-state index contributed by atoms with van der Waals surface area (Å²) in [6.07, 6.45) is 1.50. The van der Waals surface area contributed by atoms with E-state index in [1.807, 2.05) is 20.8 Å². The van der Waals surface area contributed by atoms with Gasteiger partial charge in [-0.3, -0.25) is 15.0 Å². The fourth-order valence-electron chi connectivity index (χ4n) is 2.43. The van der Waals surface area contributed by atoms with Crippen LogP contribution in [-0.2, 0) is 0 Å². The Morgan fingerprint density at radius 1 is 1.15 bits per heavy atom. The molecule has 1 aromatic heterocycles. The van der Waals surface area contributed by atoms with Gasteiger partial charge in [0.2, 0.25) is 0 Å². The first-order valence-electron chi connectivity index (χ1n) is 8.06. The highest BCUT2D eigenvalue weighted by Crippen LogP contribution is 2.23. The number of methoxy groups -OCH3 is 1. The van der Waals surface area contributed by atoms with E-state index in [4.69, 9.17) is 16.3 Å². The zero-order valence-corrected chi connectivity index (χ0v) is 16.2. The van der Waals surface area contributed by atoms with Crippen LogP contribution in [0.5, 0.6) is 5.75 Å². The Labute approximate surface area is 158 Å². The molecular weight excluding hydrogens is 354 g/mol. The van der Waals surface area contributed by atoms with E-state index in [2.05, 4.69) is 10.4 Å². The van der Waals surface area contributed by atoms with Crippen LogP contribution >= 0.6 is 11.6 Å². The maximum Gasteiger partial charge on any atom is 0.275 e. The van der Waals surface area contributed by atoms with Crippen LogP contribution < -0.4 is 10.2 Å². The molecule has 0 unspecified atom stereocenters. The number of rotatable bonds is 3. The molecule has 2 rings (SSSR count). The standard InChI is InChI=1S/C19H22ClN3O3/c1-12-13(8-6-10-15(12)26-5)17(24)22-23(19(2,3)4)18(25)14-9-7-11-21-16(14)20/h6-11H,1-5H3,(H,22,24). The normalized spacial score (nSPS) is 11.0. The molecule has 0 radical (unpaired) electrons. The fraction of sp³-hybridized carbons (Fsp3) is 0.316. The Hall–Kier alpha value is -2.60. The number of benzene rings is 1. The van der Waals surface area contributed by atoms with Crippen molar-refractivity contribution in [1.29, 1.82) is 0 Å². The van der Waals surface area contributed by atoms with Crippen molar-refractivity contribution in [2.75, 3.05) is 7.11 Å². The van der Waals surface area contributed by atoms with Crippen LogP contribution in [0.4, 0.5) is 0 Å². The fourth-order valence-corrected chi connectivity index (χ4v) is 2.63. The first-order chi connectivity index (χ1) is 12.2. The summed E-state index contributed by atoms with van der Waals surface area (Å²) in [5.74, 6) is -0.254. The summed E-state index contributed by atoms with van der Waals surface area (Å²) < 4.78 is 5.25. The van der Waals surface area contributed by atoms with Gasteiger partial charge in [-0.1, -0.05) is 17.7 Å². The minimum absolute atomic E-state index is 0.0820. The maximum atomic E-state index is 12.9. The lowest BCUT2D eigenvalue weighted by Crippen LogP contribution is -2.56. The van der Waals surface area contributed by atoms with Crippen molar-refractivity contribution in [1.82, 2.24) is 15.4 Å². The van der Waals surface area contributed by atoms with Gasteiger partial charge >= 0.3 is 0 Å². The van der Waals surface area contributed by atoms with Crippen molar-refractivity contribution >= 4 is 23.4 Å². The number of nitrogens with one attached hydrogen (secondary N) is 1. The summed E-state index contributed by atoms with van der Waals surface area (Å²) in [4.78, 5) is 29.7. The highest BCUT2D eigenvalue weighted by atomic mass is 35.5. The lowest BCUT2D eigenvalue weighted by atomic mass is 10.1. The predicted octanol–water partition coefficient (Wildman–Crippen LogP) is 3.64. The number of hydrazine groups is 1. The Morgan fingerprint density at radius 3 is 2.38 bits per heavy atom. The second-order valence-corrected chi connectivity index (χ2v) is 7.08. The zero-order chi connectivity index (χ0) is 19.5. The van der Waals surface area contributed by atoms with Gasteiger partial charge in [-0.15, -0.1) is 0 Å². The van der Waals surface area contributed by atoms with Gasteiger partial charge in [0, 0.05) is 17.3 Å². The summed E-state index contributed by atoms with van der Waals surface area (Å²) in [6, 6.07) is 8.36. The Morgan fingerprint density at radius 2 is 1.81 bits per heavy atom. The molecule has 0 aliphatic heterocycles. The molecule has 0 fully saturated rings. The first kappa shape index (κ1) is 19.7. The molecule has 0 saturated heterocycles. The number of ether oxygens (including phenoxy) is 1. The van der Waals surface area contributed by atoms with Crippen LogP contribution in [0.1, 0.15) is 47.1 Å². The predicted molar refractivity (Wildman–Crippen MR) is 100 cm³/mol. The van der Waals surface area contributed by atoms with Gasteiger partial charge in [-0.05, 0) is 52.0 Å². The van der Waals surface area contributed by atoms with E-state index >= 15 is 0 Å². The van der Waals surface area contributed by atoms with Gasteiger partial charge in [0.1, 0.15) is 10.9 Å². The summed E-state index contributed by atoms with van der Waals surface area (Å²) in [6.45, 7) is 7.23. The van der Waals surface area contributed by atoms with Crippen LogP contribution in [0.25, 0.3) is 0 Å². The highest BCUT2D eigenvalue weighted by Gasteiger charge is 2.31. The molecule has 0 aliphatic rings. The van der Waals surface area contributed by atoms with Gasteiger partial charge in [-0.25, -0.2) is 9.99 Å². The van der Waals surface area contributed by atoms with Crippen molar-refractivity contribution in [3.8, 4) is 5.75 Å². The number of aromatic nitrogens is 1. The third-order valence-electron chi connectivity index (χ3n) is 3.83. The molecule has 6 nitrogen and oxygen atoms in total. The monoisotopic (exact) mass is 375 g/mol. The van der Waals surface area contributed by atoms with Crippen molar-refractivity contribution in [2.24, 2.45) is 0 Å². The quantitative estimate of drug-likeness (QED) is 0.656. The first-order valence-corrected chi connectivity index (χ1v) is 8.44. The Balaban J connectivity index is 2.37. The zero-order valence-electron chi connectivity index (χ0n) is 15.5.